The maximum atomic E-state index is 12.2. The highest BCUT2D eigenvalue weighted by atomic mass is 16.6. The number of hydrogen-bond acceptors (Lipinski definition) is 10. The minimum atomic E-state index is -0.363. The largest absolute Gasteiger partial charge is 0.466 e. The van der Waals surface area contributed by atoms with E-state index >= 15 is 0 Å². The Morgan fingerprint density at radius 2 is 0.855 bits per heavy atom. The quantitative estimate of drug-likeness (QED) is 0.0355. The predicted octanol–water partition coefficient (Wildman–Crippen LogP) is 9.18. The molecule has 0 aromatic carbocycles. The number of nitrogens with zero attached hydrogens (tertiary/aromatic N) is 2. The highest BCUT2D eigenvalue weighted by molar-refractivity contribution is 5.70. The number of carbonyl (C=O) groups is 4. The van der Waals surface area contributed by atoms with Crippen LogP contribution in [0.5, 0.6) is 0 Å². The Balaban J connectivity index is 3.77. The Labute approximate surface area is 336 Å². The van der Waals surface area contributed by atoms with Crippen molar-refractivity contribution in [1.82, 2.24) is 20.4 Å². The Morgan fingerprint density at radius 3 is 1.24 bits per heavy atom. The molecule has 0 heterocycles. The first-order valence-electron chi connectivity index (χ1n) is 22.2. The first-order chi connectivity index (χ1) is 26.6. The first kappa shape index (κ1) is 52.4. The molecule has 12 nitrogen and oxygen atoms in total. The summed E-state index contributed by atoms with van der Waals surface area (Å²) in [6.45, 7) is 13.1. The van der Waals surface area contributed by atoms with Crippen LogP contribution >= 0.6 is 0 Å². The third-order valence-electron chi connectivity index (χ3n) is 9.90. The summed E-state index contributed by atoms with van der Waals surface area (Å²) in [6.07, 6.45) is 21.8. The fraction of sp³-hybridized carbons (Fsp3) is 0.907. The van der Waals surface area contributed by atoms with Gasteiger partial charge >= 0.3 is 24.1 Å². The molecule has 12 heteroatoms. The molecule has 2 amide bonds. The average molecular weight is 785 g/mol. The van der Waals surface area contributed by atoms with E-state index in [4.69, 9.17) is 18.9 Å². The van der Waals surface area contributed by atoms with Crippen LogP contribution in [0.3, 0.4) is 0 Å². The van der Waals surface area contributed by atoms with Gasteiger partial charge < -0.3 is 39.4 Å². The molecular weight excluding hydrogens is 700 g/mol. The van der Waals surface area contributed by atoms with Gasteiger partial charge in [-0.1, -0.05) is 91.9 Å². The van der Waals surface area contributed by atoms with Crippen molar-refractivity contribution in [2.75, 3.05) is 66.6 Å². The summed E-state index contributed by atoms with van der Waals surface area (Å²) in [4.78, 5) is 52.8. The highest BCUT2D eigenvalue weighted by Gasteiger charge is 2.14. The highest BCUT2D eigenvalue weighted by Crippen LogP contribution is 2.14. The third kappa shape index (κ3) is 35.6. The molecular formula is C43H84N4O8. The second-order valence-electron chi connectivity index (χ2n) is 15.2. The Kier molecular flexibility index (Phi) is 36.5. The number of unbranched alkanes of at least 4 members (excludes halogenated alkanes) is 12. The first-order valence-corrected chi connectivity index (χ1v) is 22.2. The molecule has 0 aromatic rings. The van der Waals surface area contributed by atoms with E-state index in [1.165, 1.54) is 64.2 Å². The lowest BCUT2D eigenvalue weighted by Gasteiger charge is -2.20. The van der Waals surface area contributed by atoms with Crippen LogP contribution in [-0.4, -0.2) is 113 Å². The summed E-state index contributed by atoms with van der Waals surface area (Å²) < 4.78 is 21.9. The molecule has 0 rings (SSSR count). The number of esters is 2. The molecule has 0 spiro atoms. The van der Waals surface area contributed by atoms with E-state index in [1.807, 2.05) is 14.1 Å². The molecule has 55 heavy (non-hydrogen) atoms. The molecule has 0 saturated carbocycles. The van der Waals surface area contributed by atoms with Gasteiger partial charge in [0.25, 0.3) is 0 Å². The fourth-order valence-corrected chi connectivity index (χ4v) is 6.13. The summed E-state index contributed by atoms with van der Waals surface area (Å²) in [6, 6.07) is 0. The second-order valence-corrected chi connectivity index (χ2v) is 15.2. The van der Waals surface area contributed by atoms with Gasteiger partial charge in [-0.15, -0.1) is 0 Å². The van der Waals surface area contributed by atoms with E-state index in [9.17, 15) is 19.2 Å². The fourth-order valence-electron chi connectivity index (χ4n) is 6.13. The standard InChI is InChI=1S/C43H84N4O8/c1-7-11-13-15-17-19-26-38(9-3)54-42(50)44-30-21-23-36-52-40(48)28-34-46(5)32-25-33-47(6)35-29-41(49)53-37-24-22-31-45-43(51)55-39(10-4)27-20-18-16-14-12-8-2/h38-39H,7-37H2,1-6H3,(H,44,50)(H,45,51). The van der Waals surface area contributed by atoms with Crippen molar-refractivity contribution < 1.29 is 38.1 Å². The molecule has 0 bridgehead atoms. The van der Waals surface area contributed by atoms with Crippen molar-refractivity contribution in [2.45, 2.75) is 188 Å². The monoisotopic (exact) mass is 785 g/mol. The number of rotatable bonds is 38. The topological polar surface area (TPSA) is 136 Å². The van der Waals surface area contributed by atoms with Crippen LogP contribution in [0.2, 0.25) is 0 Å². The van der Waals surface area contributed by atoms with Crippen molar-refractivity contribution in [1.29, 1.82) is 0 Å². The van der Waals surface area contributed by atoms with Gasteiger partial charge in [0.1, 0.15) is 12.2 Å². The molecule has 324 valence electrons. The zero-order valence-electron chi connectivity index (χ0n) is 36.2. The Morgan fingerprint density at radius 1 is 0.473 bits per heavy atom. The number of ether oxygens (including phenoxy) is 4. The van der Waals surface area contributed by atoms with Crippen molar-refractivity contribution in [3.63, 3.8) is 0 Å². The van der Waals surface area contributed by atoms with E-state index < -0.39 is 0 Å². The Hall–Kier alpha value is -2.60. The van der Waals surface area contributed by atoms with Gasteiger partial charge in [0.2, 0.25) is 0 Å². The smallest absolute Gasteiger partial charge is 0.407 e. The average Bonchev–Trinajstić information content (AvgIpc) is 3.17. The second kappa shape index (κ2) is 38.3. The zero-order valence-corrected chi connectivity index (χ0v) is 36.2. The van der Waals surface area contributed by atoms with E-state index in [-0.39, 0.29) is 36.3 Å². The lowest BCUT2D eigenvalue weighted by molar-refractivity contribution is -0.144. The Bertz CT molecular complexity index is 868. The zero-order chi connectivity index (χ0) is 40.8. The van der Waals surface area contributed by atoms with Gasteiger partial charge in [-0.05, 0) is 97.8 Å². The van der Waals surface area contributed by atoms with Crippen LogP contribution in [0.4, 0.5) is 9.59 Å². The molecule has 0 aliphatic rings. The number of amides is 2. The number of carbonyl (C=O) groups excluding carboxylic acids is 4. The van der Waals surface area contributed by atoms with Crippen LogP contribution < -0.4 is 10.6 Å². The normalized spacial score (nSPS) is 12.4. The van der Waals surface area contributed by atoms with Crippen LogP contribution in [0.25, 0.3) is 0 Å². The lowest BCUT2D eigenvalue weighted by Crippen LogP contribution is -2.30. The lowest BCUT2D eigenvalue weighted by atomic mass is 10.1. The predicted molar refractivity (Wildman–Crippen MR) is 222 cm³/mol. The summed E-state index contributed by atoms with van der Waals surface area (Å²) in [5.74, 6) is -0.429. The SMILES string of the molecule is CCCCCCCCC(CC)OC(=O)NCCCCOC(=O)CCN(C)CCCN(C)CCC(=O)OCCCCNC(=O)OC(CC)CCCCCCCC. The van der Waals surface area contributed by atoms with Crippen molar-refractivity contribution in [3.8, 4) is 0 Å². The molecule has 0 aliphatic carbocycles. The van der Waals surface area contributed by atoms with Crippen molar-refractivity contribution in [3.05, 3.63) is 0 Å². The molecule has 2 N–H and O–H groups in total. The molecule has 2 atom stereocenters. The summed E-state index contributed by atoms with van der Waals surface area (Å²) in [5, 5.41) is 5.63. The summed E-state index contributed by atoms with van der Waals surface area (Å²) in [5.41, 5.74) is 0. The maximum absolute atomic E-state index is 12.2. The summed E-state index contributed by atoms with van der Waals surface area (Å²) >= 11 is 0. The maximum Gasteiger partial charge on any atom is 0.407 e. The minimum Gasteiger partial charge on any atom is -0.466 e. The molecule has 2 unspecified atom stereocenters. The number of alkyl carbamates (subject to hydrolysis) is 2. The van der Waals surface area contributed by atoms with Gasteiger partial charge in [-0.2, -0.15) is 0 Å². The number of nitrogens with one attached hydrogen (secondary N) is 2. The van der Waals surface area contributed by atoms with E-state index in [2.05, 4.69) is 48.1 Å². The molecule has 0 saturated heterocycles. The summed E-state index contributed by atoms with van der Waals surface area (Å²) in [7, 11) is 3.98. The minimum absolute atomic E-state index is 0.0304. The molecule has 0 aromatic heterocycles. The van der Waals surface area contributed by atoms with Gasteiger partial charge in [0, 0.05) is 26.2 Å². The van der Waals surface area contributed by atoms with Gasteiger partial charge in [-0.3, -0.25) is 9.59 Å². The van der Waals surface area contributed by atoms with Crippen LogP contribution in [0.1, 0.15) is 175 Å². The number of hydrogen-bond donors (Lipinski definition) is 2. The van der Waals surface area contributed by atoms with Crippen LogP contribution in [0.15, 0.2) is 0 Å². The van der Waals surface area contributed by atoms with Crippen molar-refractivity contribution >= 4 is 24.1 Å². The van der Waals surface area contributed by atoms with Crippen LogP contribution in [-0.2, 0) is 28.5 Å². The van der Waals surface area contributed by atoms with Crippen molar-refractivity contribution in [2.24, 2.45) is 0 Å². The van der Waals surface area contributed by atoms with E-state index in [0.29, 0.717) is 65.1 Å². The molecule has 0 aliphatic heterocycles. The van der Waals surface area contributed by atoms with Gasteiger partial charge in [-0.25, -0.2) is 9.59 Å². The van der Waals surface area contributed by atoms with E-state index in [1.54, 1.807) is 0 Å². The molecule has 0 fully saturated rings. The van der Waals surface area contributed by atoms with Gasteiger partial charge in [0.15, 0.2) is 0 Å². The molecule has 0 radical (unpaired) electrons. The van der Waals surface area contributed by atoms with Gasteiger partial charge in [0.05, 0.1) is 26.1 Å². The third-order valence-corrected chi connectivity index (χ3v) is 9.90. The van der Waals surface area contributed by atoms with Crippen LogP contribution in [0, 0.1) is 0 Å². The van der Waals surface area contributed by atoms with E-state index in [0.717, 1.165) is 70.9 Å².